The van der Waals surface area contributed by atoms with E-state index in [1.807, 2.05) is 0 Å². The van der Waals surface area contributed by atoms with Gasteiger partial charge in [0.25, 0.3) is 0 Å². The van der Waals surface area contributed by atoms with Gasteiger partial charge < -0.3 is 9.84 Å². The Labute approximate surface area is 116 Å². The Morgan fingerprint density at radius 1 is 1.53 bits per heavy atom. The first-order valence-corrected chi connectivity index (χ1v) is 7.20. The second-order valence-electron chi connectivity index (χ2n) is 3.92. The number of carboxylic acid groups (broad SMARTS) is 1. The molecule has 0 aliphatic carbocycles. The Bertz CT molecular complexity index is 572. The van der Waals surface area contributed by atoms with Crippen LogP contribution in [0, 0.1) is 0 Å². The van der Waals surface area contributed by atoms with Crippen LogP contribution in [-0.2, 0) is 14.8 Å². The van der Waals surface area contributed by atoms with Crippen molar-refractivity contribution in [2.24, 2.45) is 0 Å². The van der Waals surface area contributed by atoms with Crippen LogP contribution in [0.1, 0.15) is 13.3 Å². The summed E-state index contributed by atoms with van der Waals surface area (Å²) >= 11 is 5.75. The molecule has 0 spiro atoms. The van der Waals surface area contributed by atoms with Gasteiger partial charge in [0.05, 0.1) is 13.5 Å². The summed E-state index contributed by atoms with van der Waals surface area (Å²) in [6, 6.07) is 3.36. The number of aliphatic carboxylic acids is 1. The van der Waals surface area contributed by atoms with Crippen LogP contribution in [-0.4, -0.2) is 32.6 Å². The molecule has 8 heteroatoms. The highest BCUT2D eigenvalue weighted by Crippen LogP contribution is 2.27. The Kier molecular flexibility index (Phi) is 5.16. The molecule has 2 N–H and O–H groups in total. The zero-order valence-corrected chi connectivity index (χ0v) is 12.0. The summed E-state index contributed by atoms with van der Waals surface area (Å²) in [5.74, 6) is -0.985. The molecule has 6 nitrogen and oxygen atoms in total. The Balaban J connectivity index is 3.03. The quantitative estimate of drug-likeness (QED) is 0.830. The molecular formula is C11H14ClNO5S. The summed E-state index contributed by atoms with van der Waals surface area (Å²) in [5, 5.41) is 8.95. The van der Waals surface area contributed by atoms with Gasteiger partial charge in [0.1, 0.15) is 10.6 Å². The number of hydrogen-bond donors (Lipinski definition) is 2. The average molecular weight is 308 g/mol. The molecule has 106 valence electrons. The third-order valence-electron chi connectivity index (χ3n) is 2.25. The van der Waals surface area contributed by atoms with Crippen molar-refractivity contribution in [1.29, 1.82) is 0 Å². The van der Waals surface area contributed by atoms with Crippen LogP contribution in [0.15, 0.2) is 23.1 Å². The Morgan fingerprint density at radius 2 is 2.16 bits per heavy atom. The first-order chi connectivity index (χ1) is 8.76. The van der Waals surface area contributed by atoms with Crippen LogP contribution >= 0.6 is 11.6 Å². The van der Waals surface area contributed by atoms with Gasteiger partial charge in [0.15, 0.2) is 0 Å². The van der Waals surface area contributed by atoms with Crippen molar-refractivity contribution in [3.05, 3.63) is 23.2 Å². The van der Waals surface area contributed by atoms with Gasteiger partial charge in [-0.2, -0.15) is 0 Å². The normalized spacial score (nSPS) is 13.0. The van der Waals surface area contributed by atoms with Crippen molar-refractivity contribution in [2.75, 3.05) is 7.11 Å². The summed E-state index contributed by atoms with van der Waals surface area (Å²) in [5.41, 5.74) is 0. The summed E-state index contributed by atoms with van der Waals surface area (Å²) in [4.78, 5) is 10.4. The second kappa shape index (κ2) is 6.23. The molecule has 1 unspecified atom stereocenters. The molecule has 0 bridgehead atoms. The van der Waals surface area contributed by atoms with Crippen LogP contribution in [0.25, 0.3) is 0 Å². The molecule has 0 aliphatic rings. The highest BCUT2D eigenvalue weighted by atomic mass is 35.5. The molecule has 0 radical (unpaired) electrons. The fourth-order valence-electron chi connectivity index (χ4n) is 1.50. The number of benzene rings is 1. The fraction of sp³-hybridized carbons (Fsp3) is 0.364. The minimum absolute atomic E-state index is 0.0864. The summed E-state index contributed by atoms with van der Waals surface area (Å²) < 4.78 is 31.4. The van der Waals surface area contributed by atoms with E-state index < -0.39 is 22.0 Å². The van der Waals surface area contributed by atoms with E-state index in [1.165, 1.54) is 32.2 Å². The molecule has 1 rings (SSSR count). The Hall–Kier alpha value is -1.31. The van der Waals surface area contributed by atoms with Crippen molar-refractivity contribution in [3.63, 3.8) is 0 Å². The number of methoxy groups -OCH3 is 1. The van der Waals surface area contributed by atoms with Gasteiger partial charge in [-0.15, -0.1) is 0 Å². The average Bonchev–Trinajstić information content (AvgIpc) is 2.26. The van der Waals surface area contributed by atoms with Crippen molar-refractivity contribution >= 4 is 27.6 Å². The summed E-state index contributed by atoms with van der Waals surface area (Å²) in [7, 11) is -2.54. The maximum atomic E-state index is 12.1. The first kappa shape index (κ1) is 15.7. The molecule has 1 atom stereocenters. The number of nitrogens with one attached hydrogen (secondary N) is 1. The van der Waals surface area contributed by atoms with Gasteiger partial charge in [0.2, 0.25) is 10.0 Å². The maximum absolute atomic E-state index is 12.1. The smallest absolute Gasteiger partial charge is 0.304 e. The molecule has 0 fully saturated rings. The van der Waals surface area contributed by atoms with Crippen LogP contribution in [0.3, 0.4) is 0 Å². The van der Waals surface area contributed by atoms with Crippen LogP contribution in [0.5, 0.6) is 5.75 Å². The van der Waals surface area contributed by atoms with Crippen molar-refractivity contribution in [1.82, 2.24) is 4.72 Å². The number of carbonyl (C=O) groups is 1. The van der Waals surface area contributed by atoms with Crippen molar-refractivity contribution in [3.8, 4) is 5.75 Å². The molecule has 19 heavy (non-hydrogen) atoms. The number of halogens is 1. The molecule has 1 aromatic rings. The molecule has 1 aromatic carbocycles. The molecule has 0 aliphatic heterocycles. The van der Waals surface area contributed by atoms with E-state index in [1.54, 1.807) is 0 Å². The number of ether oxygens (including phenoxy) is 1. The van der Waals surface area contributed by atoms with Gasteiger partial charge >= 0.3 is 5.97 Å². The van der Waals surface area contributed by atoms with Crippen LogP contribution in [0.4, 0.5) is 0 Å². The van der Waals surface area contributed by atoms with Crippen LogP contribution in [0.2, 0.25) is 5.02 Å². The highest BCUT2D eigenvalue weighted by molar-refractivity contribution is 7.89. The SMILES string of the molecule is COc1cc(Cl)ccc1S(=O)(=O)NC(C)CC(=O)O. The van der Waals surface area contributed by atoms with Gasteiger partial charge in [-0.3, -0.25) is 4.79 Å². The van der Waals surface area contributed by atoms with E-state index in [2.05, 4.69) is 4.72 Å². The van der Waals surface area contributed by atoms with E-state index in [-0.39, 0.29) is 17.1 Å². The fourth-order valence-corrected chi connectivity index (χ4v) is 3.05. The molecule has 0 saturated heterocycles. The van der Waals surface area contributed by atoms with Crippen LogP contribution < -0.4 is 9.46 Å². The van der Waals surface area contributed by atoms with Gasteiger partial charge in [-0.25, -0.2) is 13.1 Å². The third-order valence-corrected chi connectivity index (χ3v) is 4.12. The van der Waals surface area contributed by atoms with E-state index in [9.17, 15) is 13.2 Å². The number of rotatable bonds is 6. The maximum Gasteiger partial charge on any atom is 0.304 e. The van der Waals surface area contributed by atoms with Crippen molar-refractivity contribution < 1.29 is 23.1 Å². The monoisotopic (exact) mass is 307 g/mol. The molecular weight excluding hydrogens is 294 g/mol. The van der Waals surface area contributed by atoms with Gasteiger partial charge in [0, 0.05) is 17.1 Å². The third kappa shape index (κ3) is 4.38. The summed E-state index contributed by atoms with van der Waals surface area (Å²) in [6.45, 7) is 1.47. The lowest BCUT2D eigenvalue weighted by Crippen LogP contribution is -2.34. The number of hydrogen-bond acceptors (Lipinski definition) is 4. The molecule has 0 aromatic heterocycles. The van der Waals surface area contributed by atoms with Gasteiger partial charge in [-0.1, -0.05) is 11.6 Å². The van der Waals surface area contributed by atoms with Crippen molar-refractivity contribution in [2.45, 2.75) is 24.3 Å². The molecule has 0 saturated carbocycles. The second-order valence-corrected chi connectivity index (χ2v) is 6.03. The minimum atomic E-state index is -3.86. The van der Waals surface area contributed by atoms with E-state index in [0.717, 1.165) is 0 Å². The van der Waals surface area contributed by atoms with E-state index in [0.29, 0.717) is 5.02 Å². The largest absolute Gasteiger partial charge is 0.495 e. The predicted molar refractivity (Wildman–Crippen MR) is 70.0 cm³/mol. The Morgan fingerprint density at radius 3 is 2.68 bits per heavy atom. The lowest BCUT2D eigenvalue weighted by molar-refractivity contribution is -0.137. The number of carboxylic acids is 1. The predicted octanol–water partition coefficient (Wildman–Crippen LogP) is 1.49. The van der Waals surface area contributed by atoms with Gasteiger partial charge in [-0.05, 0) is 19.1 Å². The zero-order valence-electron chi connectivity index (χ0n) is 10.4. The van der Waals surface area contributed by atoms with E-state index in [4.69, 9.17) is 21.4 Å². The number of sulfonamides is 1. The van der Waals surface area contributed by atoms with E-state index >= 15 is 0 Å². The minimum Gasteiger partial charge on any atom is -0.495 e. The topological polar surface area (TPSA) is 92.7 Å². The lowest BCUT2D eigenvalue weighted by atomic mass is 10.3. The zero-order chi connectivity index (χ0) is 14.6. The highest BCUT2D eigenvalue weighted by Gasteiger charge is 2.22. The first-order valence-electron chi connectivity index (χ1n) is 5.34. The summed E-state index contributed by atoms with van der Waals surface area (Å²) in [6.07, 6.45) is -0.310. The standard InChI is InChI=1S/C11H14ClNO5S/c1-7(5-11(14)15)13-19(16,17)10-4-3-8(12)6-9(10)18-2/h3-4,6-7,13H,5H2,1-2H3,(H,14,15). The molecule has 0 heterocycles. The lowest BCUT2D eigenvalue weighted by Gasteiger charge is -2.14. The molecule has 0 amide bonds.